The largest absolute Gasteiger partial charge is 0.496 e. The molecule has 0 spiro atoms. The van der Waals surface area contributed by atoms with Gasteiger partial charge in [-0.25, -0.2) is 0 Å². The van der Waals surface area contributed by atoms with Crippen LogP contribution in [-0.4, -0.2) is 12.9 Å². The number of unbranched alkanes of at least 4 members (excludes halogenated alkanes) is 10. The van der Waals surface area contributed by atoms with E-state index in [1.165, 1.54) is 57.8 Å². The van der Waals surface area contributed by atoms with Gasteiger partial charge in [0.25, 0.3) is 0 Å². The first-order valence-electron chi connectivity index (χ1n) is 9.55. The summed E-state index contributed by atoms with van der Waals surface area (Å²) >= 11 is 3.42. The summed E-state index contributed by atoms with van der Waals surface area (Å²) < 4.78 is 6.21. The van der Waals surface area contributed by atoms with Crippen LogP contribution in [0, 0.1) is 0 Å². The van der Waals surface area contributed by atoms with Crippen molar-refractivity contribution in [3.63, 3.8) is 0 Å². The third-order valence-corrected chi connectivity index (χ3v) is 4.96. The molecule has 2 nitrogen and oxygen atoms in total. The van der Waals surface area contributed by atoms with Crippen molar-refractivity contribution in [1.29, 1.82) is 0 Å². The zero-order valence-electron chi connectivity index (χ0n) is 15.4. The Labute approximate surface area is 156 Å². The van der Waals surface area contributed by atoms with Crippen LogP contribution in [0.1, 0.15) is 94.3 Å². The Balaban J connectivity index is 2.09. The van der Waals surface area contributed by atoms with Crippen LogP contribution >= 0.6 is 15.9 Å². The number of hydrogen-bond donors (Lipinski definition) is 0. The molecule has 1 rings (SSSR count). The number of halogens is 1. The van der Waals surface area contributed by atoms with E-state index in [0.29, 0.717) is 17.7 Å². The molecule has 0 unspecified atom stereocenters. The van der Waals surface area contributed by atoms with Gasteiger partial charge in [-0.05, 0) is 24.6 Å². The van der Waals surface area contributed by atoms with Crippen LogP contribution in [0.25, 0.3) is 0 Å². The van der Waals surface area contributed by atoms with Gasteiger partial charge < -0.3 is 4.74 Å². The molecule has 0 aromatic heterocycles. The van der Waals surface area contributed by atoms with Gasteiger partial charge >= 0.3 is 0 Å². The highest BCUT2D eigenvalue weighted by molar-refractivity contribution is 9.10. The number of rotatable bonds is 14. The fraction of sp³-hybridized carbons (Fsp3) is 0.667. The van der Waals surface area contributed by atoms with E-state index >= 15 is 0 Å². The molecule has 0 amide bonds. The third-order valence-electron chi connectivity index (χ3n) is 4.47. The Bertz CT molecular complexity index is 471. The SMILES string of the molecule is CCCCCCCCCCCCCC(=O)c1cc(Br)ccc1OC. The van der Waals surface area contributed by atoms with Crippen LogP contribution in [0.5, 0.6) is 5.75 Å². The topological polar surface area (TPSA) is 26.3 Å². The van der Waals surface area contributed by atoms with E-state index in [1.54, 1.807) is 7.11 Å². The maximum Gasteiger partial charge on any atom is 0.166 e. The van der Waals surface area contributed by atoms with Crippen molar-refractivity contribution in [3.05, 3.63) is 28.2 Å². The summed E-state index contributed by atoms with van der Waals surface area (Å²) in [6.45, 7) is 2.26. The van der Waals surface area contributed by atoms with Gasteiger partial charge in [0.05, 0.1) is 12.7 Å². The predicted molar refractivity (Wildman–Crippen MR) is 106 cm³/mol. The third kappa shape index (κ3) is 8.86. The van der Waals surface area contributed by atoms with Gasteiger partial charge in [0.1, 0.15) is 5.75 Å². The van der Waals surface area contributed by atoms with Crippen molar-refractivity contribution in [2.75, 3.05) is 7.11 Å². The highest BCUT2D eigenvalue weighted by atomic mass is 79.9. The maximum absolute atomic E-state index is 12.3. The summed E-state index contributed by atoms with van der Waals surface area (Å²) in [7, 11) is 1.61. The first-order valence-corrected chi connectivity index (χ1v) is 10.3. The Morgan fingerprint density at radius 2 is 1.46 bits per heavy atom. The van der Waals surface area contributed by atoms with Crippen LogP contribution in [0.15, 0.2) is 22.7 Å². The number of hydrogen-bond acceptors (Lipinski definition) is 2. The van der Waals surface area contributed by atoms with Gasteiger partial charge in [-0.1, -0.05) is 87.1 Å². The molecule has 24 heavy (non-hydrogen) atoms. The Hall–Kier alpha value is -0.830. The molecule has 0 aliphatic rings. The number of ketones is 1. The number of benzene rings is 1. The van der Waals surface area contributed by atoms with Crippen LogP contribution in [0.2, 0.25) is 0 Å². The van der Waals surface area contributed by atoms with Gasteiger partial charge in [-0.15, -0.1) is 0 Å². The number of ether oxygens (including phenoxy) is 1. The second kappa shape index (κ2) is 13.5. The molecule has 0 fully saturated rings. The zero-order valence-corrected chi connectivity index (χ0v) is 17.0. The smallest absolute Gasteiger partial charge is 0.166 e. The maximum atomic E-state index is 12.3. The standard InChI is InChI=1S/C21H33BrO2/c1-3-4-5-6-7-8-9-10-11-12-13-14-20(23)19-17-18(22)15-16-21(19)24-2/h15-17H,3-14H2,1-2H3. The molecule has 0 bridgehead atoms. The van der Waals surface area contributed by atoms with Crippen LogP contribution in [0.3, 0.4) is 0 Å². The molecule has 0 heterocycles. The van der Waals surface area contributed by atoms with Gasteiger partial charge in [-0.2, -0.15) is 0 Å². The fourth-order valence-corrected chi connectivity index (χ4v) is 3.34. The van der Waals surface area contributed by atoms with Gasteiger partial charge in [0.2, 0.25) is 0 Å². The minimum atomic E-state index is 0.184. The highest BCUT2D eigenvalue weighted by Crippen LogP contribution is 2.25. The lowest BCUT2D eigenvalue weighted by Crippen LogP contribution is -2.02. The summed E-state index contributed by atoms with van der Waals surface area (Å²) in [5, 5.41) is 0. The molecule has 0 saturated carbocycles. The number of carbonyl (C=O) groups excluding carboxylic acids is 1. The van der Waals surface area contributed by atoms with E-state index in [1.807, 2.05) is 18.2 Å². The molecule has 136 valence electrons. The summed E-state index contributed by atoms with van der Waals surface area (Å²) in [6, 6.07) is 5.61. The number of methoxy groups -OCH3 is 1. The first-order chi connectivity index (χ1) is 11.7. The van der Waals surface area contributed by atoms with E-state index in [-0.39, 0.29) is 5.78 Å². The lowest BCUT2D eigenvalue weighted by molar-refractivity contribution is 0.0976. The van der Waals surface area contributed by atoms with Crippen LogP contribution < -0.4 is 4.74 Å². The highest BCUT2D eigenvalue weighted by Gasteiger charge is 2.12. The van der Waals surface area contributed by atoms with Crippen LogP contribution in [0.4, 0.5) is 0 Å². The molecular formula is C21H33BrO2. The van der Waals surface area contributed by atoms with Crippen molar-refractivity contribution in [2.45, 2.75) is 84.0 Å². The summed E-state index contributed by atoms with van der Waals surface area (Å²) in [4.78, 5) is 12.3. The van der Waals surface area contributed by atoms with Crippen LogP contribution in [-0.2, 0) is 0 Å². The Kier molecular flexibility index (Phi) is 11.9. The quantitative estimate of drug-likeness (QED) is 0.242. The summed E-state index contributed by atoms with van der Waals surface area (Å²) in [5.41, 5.74) is 0.693. The van der Waals surface area contributed by atoms with E-state index in [0.717, 1.165) is 17.3 Å². The van der Waals surface area contributed by atoms with Gasteiger partial charge in [0, 0.05) is 10.9 Å². The minimum absolute atomic E-state index is 0.184. The Morgan fingerprint density at radius 3 is 2.00 bits per heavy atom. The van der Waals surface area contributed by atoms with E-state index in [9.17, 15) is 4.79 Å². The average Bonchev–Trinajstić information content (AvgIpc) is 2.59. The molecule has 0 aliphatic heterocycles. The number of carbonyl (C=O) groups is 1. The zero-order chi connectivity index (χ0) is 17.6. The molecule has 1 aromatic rings. The second-order valence-corrected chi connectivity index (χ2v) is 7.47. The molecule has 0 aliphatic carbocycles. The molecule has 0 radical (unpaired) electrons. The predicted octanol–water partition coefficient (Wildman–Crippen LogP) is 7.34. The van der Waals surface area contributed by atoms with Crippen molar-refractivity contribution >= 4 is 21.7 Å². The lowest BCUT2D eigenvalue weighted by atomic mass is 10.0. The van der Waals surface area contributed by atoms with E-state index in [2.05, 4.69) is 22.9 Å². The van der Waals surface area contributed by atoms with Crippen molar-refractivity contribution in [1.82, 2.24) is 0 Å². The molecular weight excluding hydrogens is 364 g/mol. The minimum Gasteiger partial charge on any atom is -0.496 e. The van der Waals surface area contributed by atoms with E-state index < -0.39 is 0 Å². The lowest BCUT2D eigenvalue weighted by Gasteiger charge is -2.08. The van der Waals surface area contributed by atoms with Crippen molar-refractivity contribution in [3.8, 4) is 5.75 Å². The Morgan fingerprint density at radius 1 is 0.917 bits per heavy atom. The number of Topliss-reactive ketones (excluding diaryl/α,β-unsaturated/α-hetero) is 1. The molecule has 1 aromatic carbocycles. The molecule has 0 atom stereocenters. The average molecular weight is 397 g/mol. The molecule has 0 N–H and O–H groups in total. The monoisotopic (exact) mass is 396 g/mol. The van der Waals surface area contributed by atoms with Gasteiger partial charge in [-0.3, -0.25) is 4.79 Å². The fourth-order valence-electron chi connectivity index (χ4n) is 2.98. The van der Waals surface area contributed by atoms with Crippen molar-refractivity contribution < 1.29 is 9.53 Å². The normalized spacial score (nSPS) is 10.8. The van der Waals surface area contributed by atoms with Gasteiger partial charge in [0.15, 0.2) is 5.78 Å². The molecule has 3 heteroatoms. The van der Waals surface area contributed by atoms with Crippen molar-refractivity contribution in [2.24, 2.45) is 0 Å². The first kappa shape index (κ1) is 21.2. The van der Waals surface area contributed by atoms with E-state index in [4.69, 9.17) is 4.74 Å². The summed E-state index contributed by atoms with van der Waals surface area (Å²) in [5.74, 6) is 0.857. The molecule has 0 saturated heterocycles. The summed E-state index contributed by atoms with van der Waals surface area (Å²) in [6.07, 6.45) is 14.9. The second-order valence-electron chi connectivity index (χ2n) is 6.55.